The summed E-state index contributed by atoms with van der Waals surface area (Å²) in [7, 11) is 1.60. The molecule has 0 unspecified atom stereocenters. The Labute approximate surface area is 144 Å². The van der Waals surface area contributed by atoms with Crippen LogP contribution in [0.5, 0.6) is 5.75 Å². The second-order valence-electron chi connectivity index (χ2n) is 5.18. The van der Waals surface area contributed by atoms with E-state index in [9.17, 15) is 14.9 Å². The Balaban J connectivity index is 2.05. The van der Waals surface area contributed by atoms with Crippen molar-refractivity contribution >= 4 is 29.0 Å². The average molecular weight is 346 g/mol. The molecule has 0 saturated carbocycles. The highest BCUT2D eigenvalue weighted by molar-refractivity contribution is 8.00. The van der Waals surface area contributed by atoms with E-state index in [-0.39, 0.29) is 16.8 Å². The second kappa shape index (κ2) is 7.83. The Morgan fingerprint density at radius 1 is 1.25 bits per heavy atom. The molecule has 24 heavy (non-hydrogen) atoms. The van der Waals surface area contributed by atoms with E-state index in [1.165, 1.54) is 23.9 Å². The number of aryl methyl sites for hydroxylation is 1. The van der Waals surface area contributed by atoms with Crippen LogP contribution in [-0.4, -0.2) is 23.2 Å². The molecule has 126 valence electrons. The van der Waals surface area contributed by atoms with Gasteiger partial charge >= 0.3 is 0 Å². The highest BCUT2D eigenvalue weighted by Crippen LogP contribution is 2.27. The molecule has 0 saturated heterocycles. The first-order valence-corrected chi connectivity index (χ1v) is 8.15. The molecule has 0 bridgehead atoms. The summed E-state index contributed by atoms with van der Waals surface area (Å²) in [5.74, 6) is 0.545. The van der Waals surface area contributed by atoms with E-state index in [0.29, 0.717) is 5.69 Å². The molecule has 2 aromatic carbocycles. The van der Waals surface area contributed by atoms with Crippen molar-refractivity contribution in [2.75, 3.05) is 12.4 Å². The van der Waals surface area contributed by atoms with Crippen LogP contribution in [0.2, 0.25) is 0 Å². The number of anilines is 1. The van der Waals surface area contributed by atoms with Crippen molar-refractivity contribution in [2.45, 2.75) is 24.0 Å². The van der Waals surface area contributed by atoms with Crippen molar-refractivity contribution in [3.8, 4) is 5.75 Å². The summed E-state index contributed by atoms with van der Waals surface area (Å²) in [6.07, 6.45) is 0. The lowest BCUT2D eigenvalue weighted by Crippen LogP contribution is -2.22. The Morgan fingerprint density at radius 2 is 1.92 bits per heavy atom. The molecular weight excluding hydrogens is 328 g/mol. The summed E-state index contributed by atoms with van der Waals surface area (Å²) in [5.41, 5.74) is 1.18. The van der Waals surface area contributed by atoms with Crippen LogP contribution in [0.1, 0.15) is 12.5 Å². The third kappa shape index (κ3) is 4.48. The van der Waals surface area contributed by atoms with Crippen LogP contribution in [0.3, 0.4) is 0 Å². The number of nitro groups is 1. The smallest absolute Gasteiger partial charge is 0.271 e. The van der Waals surface area contributed by atoms with Gasteiger partial charge in [-0.1, -0.05) is 6.07 Å². The van der Waals surface area contributed by atoms with Gasteiger partial charge in [0, 0.05) is 17.0 Å². The summed E-state index contributed by atoms with van der Waals surface area (Å²) < 4.78 is 5.10. The molecule has 0 aliphatic rings. The molecule has 0 aliphatic heterocycles. The topological polar surface area (TPSA) is 81.5 Å². The number of amides is 1. The number of hydrogen-bond donors (Lipinski definition) is 1. The zero-order valence-electron chi connectivity index (χ0n) is 13.6. The summed E-state index contributed by atoms with van der Waals surface area (Å²) in [6, 6.07) is 11.8. The molecule has 2 rings (SSSR count). The number of nitrogens with zero attached hydrogens (tertiary/aromatic N) is 1. The largest absolute Gasteiger partial charge is 0.497 e. The average Bonchev–Trinajstić information content (AvgIpc) is 2.57. The van der Waals surface area contributed by atoms with Gasteiger partial charge in [0.15, 0.2) is 0 Å². The van der Waals surface area contributed by atoms with Crippen molar-refractivity contribution in [2.24, 2.45) is 0 Å². The van der Waals surface area contributed by atoms with Crippen LogP contribution in [-0.2, 0) is 4.79 Å². The van der Waals surface area contributed by atoms with Gasteiger partial charge in [-0.3, -0.25) is 14.9 Å². The lowest BCUT2D eigenvalue weighted by molar-refractivity contribution is -0.384. The maximum atomic E-state index is 12.3. The minimum Gasteiger partial charge on any atom is -0.497 e. The van der Waals surface area contributed by atoms with Gasteiger partial charge in [0.05, 0.1) is 23.0 Å². The van der Waals surface area contributed by atoms with E-state index in [4.69, 9.17) is 4.74 Å². The number of ether oxygens (including phenoxy) is 1. The van der Waals surface area contributed by atoms with Crippen LogP contribution in [0.4, 0.5) is 11.4 Å². The maximum absolute atomic E-state index is 12.3. The Bertz CT molecular complexity index is 747. The van der Waals surface area contributed by atoms with Gasteiger partial charge in [0.25, 0.3) is 5.69 Å². The molecule has 0 fully saturated rings. The first kappa shape index (κ1) is 17.8. The van der Waals surface area contributed by atoms with E-state index in [1.807, 2.05) is 24.3 Å². The monoisotopic (exact) mass is 346 g/mol. The van der Waals surface area contributed by atoms with Crippen molar-refractivity contribution in [1.29, 1.82) is 0 Å². The zero-order valence-corrected chi connectivity index (χ0v) is 14.4. The van der Waals surface area contributed by atoms with Gasteiger partial charge in [-0.25, -0.2) is 0 Å². The number of hydrogen-bond acceptors (Lipinski definition) is 5. The maximum Gasteiger partial charge on any atom is 0.271 e. The van der Waals surface area contributed by atoms with Crippen LogP contribution in [0.25, 0.3) is 0 Å². The Morgan fingerprint density at radius 3 is 2.50 bits per heavy atom. The minimum atomic E-state index is -0.482. The number of nitro benzene ring substituents is 1. The van der Waals surface area contributed by atoms with Crippen molar-refractivity contribution in [3.63, 3.8) is 0 Å². The SMILES string of the molecule is COc1ccc(S[C@@H](C)C(=O)Nc2cc([N+](=O)[O-])ccc2C)cc1. The number of non-ortho nitro benzene ring substituents is 1. The van der Waals surface area contributed by atoms with E-state index in [2.05, 4.69) is 5.32 Å². The van der Waals surface area contributed by atoms with Crippen LogP contribution in [0, 0.1) is 17.0 Å². The fourth-order valence-corrected chi connectivity index (χ4v) is 2.87. The van der Waals surface area contributed by atoms with E-state index in [1.54, 1.807) is 27.0 Å². The van der Waals surface area contributed by atoms with E-state index >= 15 is 0 Å². The third-order valence-electron chi connectivity index (χ3n) is 3.43. The highest BCUT2D eigenvalue weighted by atomic mass is 32.2. The lowest BCUT2D eigenvalue weighted by atomic mass is 10.2. The number of carbonyl (C=O) groups excluding carboxylic acids is 1. The number of benzene rings is 2. The van der Waals surface area contributed by atoms with Gasteiger partial charge in [-0.15, -0.1) is 11.8 Å². The predicted octanol–water partition coefficient (Wildman–Crippen LogP) is 4.03. The van der Waals surface area contributed by atoms with Crippen molar-refractivity contribution in [1.82, 2.24) is 0 Å². The number of carbonyl (C=O) groups is 1. The molecule has 1 N–H and O–H groups in total. The Kier molecular flexibility index (Phi) is 5.81. The molecule has 0 spiro atoms. The number of thioether (sulfide) groups is 1. The molecule has 0 aromatic heterocycles. The number of nitrogens with one attached hydrogen (secondary N) is 1. The molecule has 0 heterocycles. The molecule has 0 aliphatic carbocycles. The molecular formula is C17H18N2O4S. The molecule has 7 heteroatoms. The number of rotatable bonds is 6. The van der Waals surface area contributed by atoms with E-state index < -0.39 is 4.92 Å². The first-order valence-electron chi connectivity index (χ1n) is 7.27. The lowest BCUT2D eigenvalue weighted by Gasteiger charge is -2.13. The normalized spacial score (nSPS) is 11.6. The summed E-state index contributed by atoms with van der Waals surface area (Å²) in [4.78, 5) is 23.7. The Hall–Kier alpha value is -2.54. The fourth-order valence-electron chi connectivity index (χ4n) is 2.00. The molecule has 2 aromatic rings. The van der Waals surface area contributed by atoms with Gasteiger partial charge in [-0.05, 0) is 43.7 Å². The number of methoxy groups -OCH3 is 1. The summed E-state index contributed by atoms with van der Waals surface area (Å²) in [6.45, 7) is 3.58. The standard InChI is InChI=1S/C17H18N2O4S/c1-11-4-5-13(19(21)22)10-16(11)18-17(20)12(2)24-15-8-6-14(23-3)7-9-15/h4-10,12H,1-3H3,(H,18,20)/t12-/m0/s1. The van der Waals surface area contributed by atoms with Crippen LogP contribution in [0.15, 0.2) is 47.4 Å². The van der Waals surface area contributed by atoms with Crippen molar-refractivity contribution < 1.29 is 14.5 Å². The quantitative estimate of drug-likeness (QED) is 0.485. The van der Waals surface area contributed by atoms with Gasteiger partial charge in [-0.2, -0.15) is 0 Å². The van der Waals surface area contributed by atoms with Gasteiger partial charge in [0.2, 0.25) is 5.91 Å². The predicted molar refractivity (Wildman–Crippen MR) is 94.8 cm³/mol. The molecule has 0 radical (unpaired) electrons. The van der Waals surface area contributed by atoms with Crippen molar-refractivity contribution in [3.05, 3.63) is 58.1 Å². The third-order valence-corrected chi connectivity index (χ3v) is 4.54. The summed E-state index contributed by atoms with van der Waals surface area (Å²) in [5, 5.41) is 13.3. The zero-order chi connectivity index (χ0) is 17.7. The van der Waals surface area contributed by atoms with Crippen LogP contribution < -0.4 is 10.1 Å². The highest BCUT2D eigenvalue weighted by Gasteiger charge is 2.17. The fraction of sp³-hybridized carbons (Fsp3) is 0.235. The first-order chi connectivity index (χ1) is 11.4. The van der Waals surface area contributed by atoms with Gasteiger partial charge < -0.3 is 10.1 Å². The van der Waals surface area contributed by atoms with E-state index in [0.717, 1.165) is 16.2 Å². The van der Waals surface area contributed by atoms with Gasteiger partial charge in [0.1, 0.15) is 5.75 Å². The molecule has 1 amide bonds. The molecule has 6 nitrogen and oxygen atoms in total. The summed E-state index contributed by atoms with van der Waals surface area (Å²) >= 11 is 1.41. The van der Waals surface area contributed by atoms with Crippen LogP contribution >= 0.6 is 11.8 Å². The molecule has 1 atom stereocenters. The second-order valence-corrected chi connectivity index (χ2v) is 6.60. The minimum absolute atomic E-state index is 0.0497.